The van der Waals surface area contributed by atoms with Crippen molar-refractivity contribution in [2.24, 2.45) is 5.92 Å². The van der Waals surface area contributed by atoms with Crippen LogP contribution < -0.4 is 0 Å². The van der Waals surface area contributed by atoms with Gasteiger partial charge >= 0.3 is 11.9 Å². The molecule has 3 aliphatic heterocycles. The molecule has 150 valence electrons. The van der Waals surface area contributed by atoms with Gasteiger partial charge in [-0.3, -0.25) is 4.79 Å². The molecule has 0 amide bonds. The van der Waals surface area contributed by atoms with Crippen LogP contribution in [0.15, 0.2) is 35.5 Å². The van der Waals surface area contributed by atoms with Gasteiger partial charge < -0.3 is 24.1 Å². The highest BCUT2D eigenvalue weighted by Crippen LogP contribution is 2.53. The molecule has 28 heavy (non-hydrogen) atoms. The number of ether oxygens (including phenoxy) is 4. The third-order valence-electron chi connectivity index (χ3n) is 5.89. The molecule has 0 bridgehead atoms. The van der Waals surface area contributed by atoms with E-state index in [0.717, 1.165) is 0 Å². The van der Waals surface area contributed by atoms with Crippen LogP contribution in [0.2, 0.25) is 0 Å². The van der Waals surface area contributed by atoms with Crippen LogP contribution in [0.5, 0.6) is 0 Å². The van der Waals surface area contributed by atoms with Gasteiger partial charge in [-0.25, -0.2) is 9.59 Å². The van der Waals surface area contributed by atoms with E-state index in [1.807, 2.05) is 6.92 Å². The predicted octanol–water partition coefficient (Wildman–Crippen LogP) is 0.388. The number of hydrogen-bond donors (Lipinski definition) is 1. The molecule has 1 aliphatic carbocycles. The summed E-state index contributed by atoms with van der Waals surface area (Å²) >= 11 is 0. The van der Waals surface area contributed by atoms with Gasteiger partial charge in [0.1, 0.15) is 36.8 Å². The Morgan fingerprint density at radius 2 is 2.25 bits per heavy atom. The highest BCUT2D eigenvalue weighted by molar-refractivity contribution is 5.92. The number of aldehydes is 1. The average Bonchev–Trinajstić information content (AvgIpc) is 3.53. The van der Waals surface area contributed by atoms with Gasteiger partial charge in [0.05, 0.1) is 23.7 Å². The van der Waals surface area contributed by atoms with Crippen molar-refractivity contribution in [3.8, 4) is 0 Å². The minimum atomic E-state index is -0.801. The van der Waals surface area contributed by atoms with E-state index in [2.05, 4.69) is 6.58 Å². The van der Waals surface area contributed by atoms with Crippen LogP contribution in [-0.2, 0) is 33.3 Å². The van der Waals surface area contributed by atoms with Crippen molar-refractivity contribution in [1.82, 2.24) is 0 Å². The van der Waals surface area contributed by atoms with Gasteiger partial charge in [0, 0.05) is 17.6 Å². The van der Waals surface area contributed by atoms with E-state index in [1.165, 1.54) is 6.08 Å². The summed E-state index contributed by atoms with van der Waals surface area (Å²) in [6, 6.07) is 0. The van der Waals surface area contributed by atoms with Crippen LogP contribution in [0.3, 0.4) is 0 Å². The van der Waals surface area contributed by atoms with Crippen molar-refractivity contribution in [3.05, 3.63) is 35.5 Å². The number of aliphatic hydroxyl groups is 1. The molecule has 3 heterocycles. The van der Waals surface area contributed by atoms with Gasteiger partial charge in [0.15, 0.2) is 0 Å². The lowest BCUT2D eigenvalue weighted by atomic mass is 9.82. The molecule has 4 rings (SSSR count). The van der Waals surface area contributed by atoms with Crippen molar-refractivity contribution in [2.75, 3.05) is 6.61 Å². The molecule has 8 nitrogen and oxygen atoms in total. The minimum Gasteiger partial charge on any atom is -0.458 e. The third kappa shape index (κ3) is 3.01. The van der Waals surface area contributed by atoms with E-state index in [0.29, 0.717) is 18.3 Å². The molecule has 0 aromatic rings. The Labute approximate surface area is 161 Å². The summed E-state index contributed by atoms with van der Waals surface area (Å²) < 4.78 is 22.5. The van der Waals surface area contributed by atoms with Crippen LogP contribution in [0, 0.1) is 5.92 Å². The van der Waals surface area contributed by atoms with Crippen LogP contribution in [-0.4, -0.2) is 66.1 Å². The van der Waals surface area contributed by atoms with Crippen molar-refractivity contribution < 1.29 is 38.4 Å². The number of hydrogen-bond acceptors (Lipinski definition) is 8. The summed E-state index contributed by atoms with van der Waals surface area (Å²) in [6.07, 6.45) is 1.55. The van der Waals surface area contributed by atoms with Gasteiger partial charge in [0.25, 0.3) is 0 Å². The number of esters is 2. The predicted molar refractivity (Wildman–Crippen MR) is 93.9 cm³/mol. The highest BCUT2D eigenvalue weighted by atomic mass is 16.7. The molecule has 3 fully saturated rings. The second kappa shape index (κ2) is 6.65. The van der Waals surface area contributed by atoms with Crippen molar-refractivity contribution in [1.29, 1.82) is 0 Å². The zero-order valence-corrected chi connectivity index (χ0v) is 15.6. The molecule has 8 heteroatoms. The molecule has 4 aliphatic rings. The Hall–Kier alpha value is -2.29. The van der Waals surface area contributed by atoms with Crippen LogP contribution in [0.25, 0.3) is 0 Å². The molecule has 0 aromatic heterocycles. The first-order valence-corrected chi connectivity index (χ1v) is 9.20. The van der Waals surface area contributed by atoms with Gasteiger partial charge in [-0.15, -0.1) is 0 Å². The van der Waals surface area contributed by atoms with E-state index in [-0.39, 0.29) is 29.5 Å². The Balaban J connectivity index is 1.71. The molecular formula is C20H22O8. The van der Waals surface area contributed by atoms with Crippen molar-refractivity contribution in [2.45, 2.75) is 56.4 Å². The number of epoxide rings is 2. The molecule has 1 N–H and O–H groups in total. The van der Waals surface area contributed by atoms with E-state index in [4.69, 9.17) is 18.9 Å². The fourth-order valence-electron chi connectivity index (χ4n) is 4.16. The molecule has 7 atom stereocenters. The maximum Gasteiger partial charge on any atom is 0.336 e. The normalized spacial score (nSPS) is 43.5. The zero-order chi connectivity index (χ0) is 20.2. The second-order valence-electron chi connectivity index (χ2n) is 7.70. The molecule has 0 aromatic carbocycles. The largest absolute Gasteiger partial charge is 0.458 e. The fraction of sp³-hybridized carbons (Fsp3) is 0.550. The lowest BCUT2D eigenvalue weighted by Crippen LogP contribution is -2.38. The number of carbonyl (C=O) groups is 3. The number of rotatable bonds is 4. The van der Waals surface area contributed by atoms with E-state index < -0.39 is 42.3 Å². The van der Waals surface area contributed by atoms with Crippen molar-refractivity contribution >= 4 is 18.2 Å². The van der Waals surface area contributed by atoms with Crippen LogP contribution in [0.4, 0.5) is 0 Å². The van der Waals surface area contributed by atoms with Crippen molar-refractivity contribution in [3.63, 3.8) is 0 Å². The monoisotopic (exact) mass is 390 g/mol. The number of aliphatic hydroxyl groups excluding tert-OH is 1. The second-order valence-corrected chi connectivity index (χ2v) is 7.70. The Morgan fingerprint density at radius 3 is 2.89 bits per heavy atom. The molecule has 0 spiro atoms. The van der Waals surface area contributed by atoms with E-state index >= 15 is 0 Å². The zero-order valence-electron chi connectivity index (χ0n) is 15.6. The third-order valence-corrected chi connectivity index (χ3v) is 5.89. The molecule has 7 unspecified atom stereocenters. The quantitative estimate of drug-likeness (QED) is 0.317. The number of fused-ring (bicyclic) bond motifs is 4. The minimum absolute atomic E-state index is 0.109. The summed E-state index contributed by atoms with van der Waals surface area (Å²) in [5.41, 5.74) is 0.0287. The Morgan fingerprint density at radius 1 is 1.50 bits per heavy atom. The lowest BCUT2D eigenvalue weighted by molar-refractivity contribution is -0.149. The van der Waals surface area contributed by atoms with Crippen LogP contribution >= 0.6 is 0 Å². The number of carbonyl (C=O) groups excluding carboxylic acids is 3. The average molecular weight is 390 g/mol. The number of allylic oxidation sites excluding steroid dienone is 1. The smallest absolute Gasteiger partial charge is 0.336 e. The molecule has 3 saturated heterocycles. The van der Waals surface area contributed by atoms with E-state index in [1.54, 1.807) is 13.0 Å². The fourth-order valence-corrected chi connectivity index (χ4v) is 4.16. The van der Waals surface area contributed by atoms with Gasteiger partial charge in [-0.05, 0) is 19.9 Å². The Kier molecular flexibility index (Phi) is 4.52. The highest BCUT2D eigenvalue weighted by Gasteiger charge is 2.67. The summed E-state index contributed by atoms with van der Waals surface area (Å²) in [7, 11) is 0. The maximum atomic E-state index is 12.5. The lowest BCUT2D eigenvalue weighted by Gasteiger charge is -2.28. The summed E-state index contributed by atoms with van der Waals surface area (Å²) in [5, 5.41) is 9.35. The van der Waals surface area contributed by atoms with Gasteiger partial charge in [0.2, 0.25) is 0 Å². The van der Waals surface area contributed by atoms with Crippen LogP contribution in [0.1, 0.15) is 20.3 Å². The first-order valence-electron chi connectivity index (χ1n) is 9.20. The summed E-state index contributed by atoms with van der Waals surface area (Å²) in [6.45, 7) is 6.84. The van der Waals surface area contributed by atoms with Gasteiger partial charge in [-0.2, -0.15) is 0 Å². The SMILES string of the molecule is C=C1C(=O)OC2/C=C(/C=O)C3OC3C3OC3(C)CC(OC(=O)/C(=C/C)CO)C12. The van der Waals surface area contributed by atoms with Gasteiger partial charge in [-0.1, -0.05) is 12.7 Å². The first-order chi connectivity index (χ1) is 13.3. The Bertz CT molecular complexity index is 811. The molecular weight excluding hydrogens is 368 g/mol. The maximum absolute atomic E-state index is 12.5. The summed E-state index contributed by atoms with van der Waals surface area (Å²) in [4.78, 5) is 36.2. The molecule has 0 radical (unpaired) electrons. The topological polar surface area (TPSA) is 115 Å². The summed E-state index contributed by atoms with van der Waals surface area (Å²) in [5.74, 6) is -1.95. The van der Waals surface area contributed by atoms with E-state index in [9.17, 15) is 19.5 Å². The molecule has 0 saturated carbocycles. The standard InChI is InChI=1S/C20H22O8/c1-4-10(7-21)19(24)26-13-6-20(3)17(28-20)16-15(27-16)11(8-22)5-12-14(13)9(2)18(23)25-12/h4-5,8,12-17,21H,2,6-7H2,1,3H3/b10-4+,11-5-. The first kappa shape index (κ1) is 19.0.